The minimum absolute atomic E-state index is 0.395. The van der Waals surface area contributed by atoms with Gasteiger partial charge in [-0.25, -0.2) is 0 Å². The second-order valence-corrected chi connectivity index (χ2v) is 5.50. The molecule has 2 rings (SSSR count). The largest absolute Gasteiger partial charge is 0.480 e. The second kappa shape index (κ2) is 6.17. The van der Waals surface area contributed by atoms with Crippen LogP contribution in [0.15, 0.2) is 24.3 Å². The third kappa shape index (κ3) is 3.78. The van der Waals surface area contributed by atoms with Gasteiger partial charge in [0, 0.05) is 6.54 Å². The first-order valence-electron chi connectivity index (χ1n) is 6.82. The molecule has 2 atom stereocenters. The lowest BCUT2D eigenvalue weighted by molar-refractivity contribution is -0.138. The summed E-state index contributed by atoms with van der Waals surface area (Å²) in [6.45, 7) is 2.24. The molecule has 1 fully saturated rings. The second-order valence-electron chi connectivity index (χ2n) is 5.50. The van der Waals surface area contributed by atoms with E-state index in [2.05, 4.69) is 24.1 Å². The summed E-state index contributed by atoms with van der Waals surface area (Å²) in [6.07, 6.45) is 2.82. The van der Waals surface area contributed by atoms with Gasteiger partial charge in [-0.2, -0.15) is 0 Å². The van der Waals surface area contributed by atoms with Crippen molar-refractivity contribution in [1.29, 1.82) is 0 Å². The van der Waals surface area contributed by atoms with Gasteiger partial charge in [-0.3, -0.25) is 4.79 Å². The fraction of sp³-hybridized carbons (Fsp3) is 0.533. The average Bonchev–Trinajstić information content (AvgIpc) is 2.39. The Morgan fingerprint density at radius 1 is 1.58 bits per heavy atom. The van der Waals surface area contributed by atoms with Crippen LogP contribution in [0.5, 0.6) is 0 Å². The molecular weight excluding hydrogens is 240 g/mol. The van der Waals surface area contributed by atoms with Crippen LogP contribution in [0.2, 0.25) is 0 Å². The molecule has 1 aliphatic rings. The van der Waals surface area contributed by atoms with Crippen LogP contribution >= 0.6 is 0 Å². The van der Waals surface area contributed by atoms with E-state index in [1.54, 1.807) is 0 Å². The van der Waals surface area contributed by atoms with E-state index in [1.165, 1.54) is 24.9 Å². The van der Waals surface area contributed by atoms with E-state index in [9.17, 15) is 4.79 Å². The van der Waals surface area contributed by atoms with Crippen LogP contribution in [-0.4, -0.2) is 42.2 Å². The zero-order chi connectivity index (χ0) is 13.8. The Morgan fingerprint density at radius 2 is 2.37 bits per heavy atom. The predicted molar refractivity (Wildman–Crippen MR) is 75.2 cm³/mol. The lowest BCUT2D eigenvalue weighted by Gasteiger charge is -2.30. The highest BCUT2D eigenvalue weighted by molar-refractivity contribution is 5.73. The number of hydrogen-bond donors (Lipinski definition) is 2. The summed E-state index contributed by atoms with van der Waals surface area (Å²) in [5.74, 6) is -0.387. The number of likely N-dealkylation sites (N-methyl/N-ethyl adjacent to an activating group) is 1. The van der Waals surface area contributed by atoms with Gasteiger partial charge in [-0.1, -0.05) is 24.3 Å². The maximum Gasteiger partial charge on any atom is 0.320 e. The SMILES string of the molecule is CN1CCCC(c2cccc(CC(N)C(=O)O)c2)C1. The maximum atomic E-state index is 10.8. The third-order valence-corrected chi connectivity index (χ3v) is 3.82. The summed E-state index contributed by atoms with van der Waals surface area (Å²) in [7, 11) is 2.15. The molecule has 2 unspecified atom stereocenters. The molecule has 4 nitrogen and oxygen atoms in total. The Hall–Kier alpha value is -1.39. The fourth-order valence-corrected chi connectivity index (χ4v) is 2.75. The summed E-state index contributed by atoms with van der Waals surface area (Å²) in [4.78, 5) is 13.2. The molecule has 1 aromatic rings. The zero-order valence-electron chi connectivity index (χ0n) is 11.4. The van der Waals surface area contributed by atoms with E-state index in [-0.39, 0.29) is 0 Å². The summed E-state index contributed by atoms with van der Waals surface area (Å²) >= 11 is 0. The number of benzene rings is 1. The molecule has 1 saturated heterocycles. The molecule has 104 valence electrons. The highest BCUT2D eigenvalue weighted by atomic mass is 16.4. The molecule has 0 spiro atoms. The first-order chi connectivity index (χ1) is 9.06. The van der Waals surface area contributed by atoms with Crippen LogP contribution < -0.4 is 5.73 Å². The van der Waals surface area contributed by atoms with E-state index >= 15 is 0 Å². The molecule has 3 N–H and O–H groups in total. The van der Waals surface area contributed by atoms with E-state index in [1.807, 2.05) is 12.1 Å². The standard InChI is InChI=1S/C15H22N2O2/c1-17-7-3-6-13(10-17)12-5-2-4-11(8-12)9-14(16)15(18)19/h2,4-5,8,13-14H,3,6-7,9-10,16H2,1H3,(H,18,19). The number of likely N-dealkylation sites (tertiary alicyclic amines) is 1. The van der Waals surface area contributed by atoms with Gasteiger partial charge in [0.15, 0.2) is 0 Å². The van der Waals surface area contributed by atoms with Crippen LogP contribution in [0.1, 0.15) is 29.9 Å². The zero-order valence-corrected chi connectivity index (χ0v) is 11.4. The fourth-order valence-electron chi connectivity index (χ4n) is 2.75. The number of carboxylic acids is 1. The van der Waals surface area contributed by atoms with Gasteiger partial charge in [-0.05, 0) is 49.9 Å². The van der Waals surface area contributed by atoms with Crippen molar-refractivity contribution >= 4 is 5.97 Å². The van der Waals surface area contributed by atoms with Crippen molar-refractivity contribution in [3.05, 3.63) is 35.4 Å². The summed E-state index contributed by atoms with van der Waals surface area (Å²) < 4.78 is 0. The van der Waals surface area contributed by atoms with E-state index in [0.29, 0.717) is 12.3 Å². The molecule has 0 radical (unpaired) electrons. The first kappa shape index (κ1) is 14.0. The quantitative estimate of drug-likeness (QED) is 0.862. The molecule has 0 aromatic heterocycles. The van der Waals surface area contributed by atoms with Crippen molar-refractivity contribution in [3.63, 3.8) is 0 Å². The summed E-state index contributed by atoms with van der Waals surface area (Å²) in [5.41, 5.74) is 7.91. The molecule has 1 aromatic carbocycles. The number of nitrogens with zero attached hydrogens (tertiary/aromatic N) is 1. The van der Waals surface area contributed by atoms with E-state index in [0.717, 1.165) is 12.1 Å². The summed E-state index contributed by atoms with van der Waals surface area (Å²) in [5, 5.41) is 8.86. The van der Waals surface area contributed by atoms with Crippen molar-refractivity contribution in [1.82, 2.24) is 4.90 Å². The normalized spacial score (nSPS) is 22.1. The number of carbonyl (C=O) groups is 1. The maximum absolute atomic E-state index is 10.8. The number of nitrogens with two attached hydrogens (primary N) is 1. The number of carboxylic acid groups (broad SMARTS) is 1. The van der Waals surface area contributed by atoms with Crippen molar-refractivity contribution in [3.8, 4) is 0 Å². The van der Waals surface area contributed by atoms with Gasteiger partial charge >= 0.3 is 5.97 Å². The highest BCUT2D eigenvalue weighted by Gasteiger charge is 2.19. The van der Waals surface area contributed by atoms with Crippen LogP contribution in [0.4, 0.5) is 0 Å². The molecule has 0 aliphatic carbocycles. The Morgan fingerprint density at radius 3 is 3.05 bits per heavy atom. The lowest BCUT2D eigenvalue weighted by atomic mass is 9.89. The van der Waals surface area contributed by atoms with Crippen LogP contribution in [0, 0.1) is 0 Å². The molecule has 19 heavy (non-hydrogen) atoms. The molecule has 0 saturated carbocycles. The van der Waals surface area contributed by atoms with Crippen molar-refractivity contribution < 1.29 is 9.90 Å². The number of rotatable bonds is 4. The van der Waals surface area contributed by atoms with Crippen LogP contribution in [0.3, 0.4) is 0 Å². The molecule has 1 heterocycles. The Balaban J connectivity index is 2.08. The van der Waals surface area contributed by atoms with Crippen molar-refractivity contribution in [2.24, 2.45) is 5.73 Å². The molecule has 1 aliphatic heterocycles. The van der Waals surface area contributed by atoms with Crippen molar-refractivity contribution in [2.75, 3.05) is 20.1 Å². The monoisotopic (exact) mass is 262 g/mol. The molecule has 4 heteroatoms. The van der Waals surface area contributed by atoms with Crippen molar-refractivity contribution in [2.45, 2.75) is 31.2 Å². The third-order valence-electron chi connectivity index (χ3n) is 3.82. The molecular formula is C15H22N2O2. The van der Waals surface area contributed by atoms with Crippen LogP contribution in [0.25, 0.3) is 0 Å². The Kier molecular flexibility index (Phi) is 4.56. The van der Waals surface area contributed by atoms with Crippen LogP contribution in [-0.2, 0) is 11.2 Å². The number of piperidine rings is 1. The Labute approximate surface area is 114 Å². The smallest absolute Gasteiger partial charge is 0.320 e. The predicted octanol–water partition coefficient (Wildman–Crippen LogP) is 1.45. The number of hydrogen-bond acceptors (Lipinski definition) is 3. The van der Waals surface area contributed by atoms with Gasteiger partial charge in [0.1, 0.15) is 6.04 Å². The highest BCUT2D eigenvalue weighted by Crippen LogP contribution is 2.26. The van der Waals surface area contributed by atoms with Gasteiger partial charge in [-0.15, -0.1) is 0 Å². The topological polar surface area (TPSA) is 66.6 Å². The average molecular weight is 262 g/mol. The molecule has 0 amide bonds. The van der Waals surface area contributed by atoms with Gasteiger partial charge in [0.25, 0.3) is 0 Å². The minimum Gasteiger partial charge on any atom is -0.480 e. The molecule has 0 bridgehead atoms. The summed E-state index contributed by atoms with van der Waals surface area (Å²) in [6, 6.07) is 7.41. The lowest BCUT2D eigenvalue weighted by Crippen LogP contribution is -2.32. The van der Waals surface area contributed by atoms with Gasteiger partial charge in [0.05, 0.1) is 0 Å². The number of aliphatic carboxylic acids is 1. The minimum atomic E-state index is -0.942. The van der Waals surface area contributed by atoms with E-state index in [4.69, 9.17) is 10.8 Å². The Bertz CT molecular complexity index is 448. The van der Waals surface area contributed by atoms with Gasteiger partial charge < -0.3 is 15.7 Å². The van der Waals surface area contributed by atoms with E-state index < -0.39 is 12.0 Å². The van der Waals surface area contributed by atoms with Gasteiger partial charge in [0.2, 0.25) is 0 Å². The first-order valence-corrected chi connectivity index (χ1v) is 6.82.